The van der Waals surface area contributed by atoms with Crippen molar-refractivity contribution in [2.75, 3.05) is 13.2 Å². The van der Waals surface area contributed by atoms with Gasteiger partial charge in [0.1, 0.15) is 5.75 Å². The topological polar surface area (TPSA) is 80.2 Å². The first-order chi connectivity index (χ1) is 21.2. The first kappa shape index (κ1) is 28.2. The zero-order valence-electron chi connectivity index (χ0n) is 23.9. The average molecular weight is 571 g/mol. The second-order valence-electron chi connectivity index (χ2n) is 10.7. The normalized spacial score (nSPS) is 17.7. The summed E-state index contributed by atoms with van der Waals surface area (Å²) in [5, 5.41) is 14.5. The Balaban J connectivity index is 1.38. The van der Waals surface area contributed by atoms with Gasteiger partial charge in [-0.15, -0.1) is 0 Å². The molecule has 2 N–H and O–H groups in total. The molecule has 0 spiro atoms. The van der Waals surface area contributed by atoms with Gasteiger partial charge < -0.3 is 19.9 Å². The first-order valence-corrected chi connectivity index (χ1v) is 14.6. The molecule has 0 aliphatic carbocycles. The van der Waals surface area contributed by atoms with E-state index in [1.807, 2.05) is 109 Å². The Kier molecular flexibility index (Phi) is 8.47. The molecule has 6 heteroatoms. The van der Waals surface area contributed by atoms with Gasteiger partial charge in [0.25, 0.3) is 5.91 Å². The lowest BCUT2D eigenvalue weighted by molar-refractivity contribution is -0.129. The molecule has 0 unspecified atom stereocenters. The van der Waals surface area contributed by atoms with Crippen LogP contribution in [0.5, 0.6) is 5.75 Å². The van der Waals surface area contributed by atoms with Gasteiger partial charge in [0, 0.05) is 31.6 Å². The SMILES string of the molecule is O=C(NCc1cccc2ccccc12)[C@]1(Cc2ccccc2)N=C(c2ccc(OCCCO)cc2)O[C@@H]1c1ccccc1. The second-order valence-corrected chi connectivity index (χ2v) is 10.7. The molecule has 0 aromatic heterocycles. The maximum Gasteiger partial charge on any atom is 0.252 e. The van der Waals surface area contributed by atoms with Crippen LogP contribution in [0.15, 0.2) is 132 Å². The van der Waals surface area contributed by atoms with Crippen molar-refractivity contribution in [2.24, 2.45) is 4.99 Å². The molecule has 0 bridgehead atoms. The van der Waals surface area contributed by atoms with E-state index in [-0.39, 0.29) is 12.5 Å². The number of hydrogen-bond acceptors (Lipinski definition) is 5. The summed E-state index contributed by atoms with van der Waals surface area (Å²) < 4.78 is 12.3. The smallest absolute Gasteiger partial charge is 0.252 e. The number of rotatable bonds is 11. The molecule has 1 aliphatic heterocycles. The van der Waals surface area contributed by atoms with Crippen molar-refractivity contribution in [2.45, 2.75) is 31.0 Å². The van der Waals surface area contributed by atoms with Crippen molar-refractivity contribution >= 4 is 22.6 Å². The molecule has 216 valence electrons. The van der Waals surface area contributed by atoms with Crippen molar-refractivity contribution in [1.82, 2.24) is 5.32 Å². The lowest BCUT2D eigenvalue weighted by Crippen LogP contribution is -2.49. The fraction of sp³-hybridized carbons (Fsp3) is 0.189. The summed E-state index contributed by atoms with van der Waals surface area (Å²) in [7, 11) is 0. The summed E-state index contributed by atoms with van der Waals surface area (Å²) in [6.45, 7) is 0.874. The van der Waals surface area contributed by atoms with E-state index in [0.717, 1.165) is 33.0 Å². The standard InChI is InChI=1S/C37H34N2O4/c40-23-10-24-42-32-21-19-30(20-22-32)35-39-37(25-27-11-3-1-4-12-27,34(43-35)29-14-5-2-6-15-29)36(41)38-26-31-17-9-16-28-13-7-8-18-33(28)31/h1-9,11-22,34,40H,10,23-26H2,(H,38,41)/t34-,37-/m1/s1. The van der Waals surface area contributed by atoms with E-state index in [0.29, 0.717) is 37.6 Å². The van der Waals surface area contributed by atoms with Gasteiger partial charge in [0.15, 0.2) is 11.6 Å². The number of ether oxygens (including phenoxy) is 2. The fourth-order valence-electron chi connectivity index (χ4n) is 5.59. The lowest BCUT2D eigenvalue weighted by atomic mass is 9.82. The number of nitrogens with one attached hydrogen (secondary N) is 1. The highest BCUT2D eigenvalue weighted by molar-refractivity contribution is 6.01. The molecule has 1 heterocycles. The van der Waals surface area contributed by atoms with Gasteiger partial charge in [0.2, 0.25) is 5.90 Å². The maximum absolute atomic E-state index is 14.5. The Morgan fingerprint density at radius 3 is 2.30 bits per heavy atom. The molecule has 1 aliphatic rings. The molecule has 1 amide bonds. The van der Waals surface area contributed by atoms with E-state index in [1.54, 1.807) is 0 Å². The summed E-state index contributed by atoms with van der Waals surface area (Å²) in [4.78, 5) is 19.6. The summed E-state index contributed by atoms with van der Waals surface area (Å²) in [6.07, 6.45) is 0.282. The van der Waals surface area contributed by atoms with Crippen molar-refractivity contribution < 1.29 is 19.4 Å². The Labute approximate surface area is 251 Å². The van der Waals surface area contributed by atoms with Gasteiger partial charge in [-0.2, -0.15) is 0 Å². The number of aliphatic imine (C=N–C) groups is 1. The molecule has 6 rings (SSSR count). The second kappa shape index (κ2) is 12.9. The molecule has 0 saturated heterocycles. The van der Waals surface area contributed by atoms with Crippen molar-refractivity contribution in [3.05, 3.63) is 150 Å². The largest absolute Gasteiger partial charge is 0.494 e. The maximum atomic E-state index is 14.5. The molecule has 43 heavy (non-hydrogen) atoms. The predicted molar refractivity (Wildman–Crippen MR) is 169 cm³/mol. The van der Waals surface area contributed by atoms with Crippen LogP contribution in [0.2, 0.25) is 0 Å². The average Bonchev–Trinajstić information content (AvgIpc) is 3.45. The third-order valence-corrected chi connectivity index (χ3v) is 7.77. The van der Waals surface area contributed by atoms with Gasteiger partial charge in [-0.3, -0.25) is 4.79 Å². The van der Waals surface area contributed by atoms with Crippen LogP contribution in [-0.4, -0.2) is 35.7 Å². The van der Waals surface area contributed by atoms with Gasteiger partial charge >= 0.3 is 0 Å². The third kappa shape index (κ3) is 6.15. The van der Waals surface area contributed by atoms with E-state index >= 15 is 0 Å². The Morgan fingerprint density at radius 2 is 1.53 bits per heavy atom. The number of carbonyl (C=O) groups is 1. The fourth-order valence-corrected chi connectivity index (χ4v) is 5.59. The minimum absolute atomic E-state index is 0.0790. The van der Waals surface area contributed by atoms with E-state index in [9.17, 15) is 4.79 Å². The van der Waals surface area contributed by atoms with Crippen LogP contribution in [0, 0.1) is 0 Å². The van der Waals surface area contributed by atoms with Crippen LogP contribution >= 0.6 is 0 Å². The Hall–Kier alpha value is -4.94. The van der Waals surface area contributed by atoms with E-state index < -0.39 is 11.6 Å². The molecule has 6 nitrogen and oxygen atoms in total. The van der Waals surface area contributed by atoms with Crippen LogP contribution in [0.1, 0.15) is 34.8 Å². The number of benzene rings is 5. The minimum Gasteiger partial charge on any atom is -0.494 e. The number of carbonyl (C=O) groups excluding carboxylic acids is 1. The highest BCUT2D eigenvalue weighted by Crippen LogP contribution is 2.42. The van der Waals surface area contributed by atoms with Crippen LogP contribution < -0.4 is 10.1 Å². The minimum atomic E-state index is -1.25. The Morgan fingerprint density at radius 1 is 0.837 bits per heavy atom. The van der Waals surface area contributed by atoms with Gasteiger partial charge in [0.05, 0.1) is 6.61 Å². The van der Waals surface area contributed by atoms with Crippen molar-refractivity contribution in [1.29, 1.82) is 0 Å². The number of aliphatic hydroxyl groups excluding tert-OH is 1. The molecule has 5 aromatic carbocycles. The van der Waals surface area contributed by atoms with Gasteiger partial charge in [-0.05, 0) is 51.7 Å². The van der Waals surface area contributed by atoms with E-state index in [4.69, 9.17) is 19.6 Å². The van der Waals surface area contributed by atoms with E-state index in [1.165, 1.54) is 0 Å². The zero-order valence-corrected chi connectivity index (χ0v) is 23.9. The summed E-state index contributed by atoms with van der Waals surface area (Å²) >= 11 is 0. The van der Waals surface area contributed by atoms with Crippen LogP contribution in [-0.2, 0) is 22.5 Å². The molecule has 0 radical (unpaired) electrons. The summed E-state index contributed by atoms with van der Waals surface area (Å²) in [6, 6.07) is 41.6. The summed E-state index contributed by atoms with van der Waals surface area (Å²) in [5.74, 6) is 0.905. The predicted octanol–water partition coefficient (Wildman–Crippen LogP) is 6.42. The highest BCUT2D eigenvalue weighted by atomic mass is 16.5. The number of nitrogens with zero attached hydrogens (tertiary/aromatic N) is 1. The lowest BCUT2D eigenvalue weighted by Gasteiger charge is -2.31. The molecular formula is C37H34N2O4. The third-order valence-electron chi connectivity index (χ3n) is 7.77. The van der Waals surface area contributed by atoms with Gasteiger partial charge in [-0.1, -0.05) is 103 Å². The molecular weight excluding hydrogens is 536 g/mol. The number of aliphatic hydroxyl groups is 1. The van der Waals surface area contributed by atoms with Crippen molar-refractivity contribution in [3.8, 4) is 5.75 Å². The molecule has 5 aromatic rings. The van der Waals surface area contributed by atoms with Crippen LogP contribution in [0.3, 0.4) is 0 Å². The van der Waals surface area contributed by atoms with Crippen LogP contribution in [0.25, 0.3) is 10.8 Å². The first-order valence-electron chi connectivity index (χ1n) is 14.6. The number of fused-ring (bicyclic) bond motifs is 1. The van der Waals surface area contributed by atoms with Crippen molar-refractivity contribution in [3.63, 3.8) is 0 Å². The molecule has 2 atom stereocenters. The quantitative estimate of drug-likeness (QED) is 0.180. The summed E-state index contributed by atoms with van der Waals surface area (Å²) in [5.41, 5.74) is 2.41. The van der Waals surface area contributed by atoms with E-state index in [2.05, 4.69) is 23.5 Å². The van der Waals surface area contributed by atoms with Gasteiger partial charge in [-0.25, -0.2) is 4.99 Å². The molecule has 0 fully saturated rings. The monoisotopic (exact) mass is 570 g/mol. The van der Waals surface area contributed by atoms with Crippen LogP contribution in [0.4, 0.5) is 0 Å². The number of hydrogen-bond donors (Lipinski definition) is 2. The molecule has 0 saturated carbocycles. The highest BCUT2D eigenvalue weighted by Gasteiger charge is 2.53. The number of amides is 1. The zero-order chi connectivity index (χ0) is 29.5. The Bertz CT molecular complexity index is 1700.